The maximum Gasteiger partial charge on any atom is 0.327 e. The van der Waals surface area contributed by atoms with Crippen LogP contribution in [0, 0.1) is 0 Å². The summed E-state index contributed by atoms with van der Waals surface area (Å²) in [6, 6.07) is 1.53. The van der Waals surface area contributed by atoms with Crippen LogP contribution in [0.25, 0.3) is 0 Å². The maximum atomic E-state index is 12.7. The lowest BCUT2D eigenvalue weighted by Crippen LogP contribution is -2.60. The zero-order valence-electron chi connectivity index (χ0n) is 14.1. The lowest BCUT2D eigenvalue weighted by molar-refractivity contribution is -0.154. The van der Waals surface area contributed by atoms with Crippen molar-refractivity contribution in [3.05, 3.63) is 18.5 Å². The highest BCUT2D eigenvalue weighted by Crippen LogP contribution is 2.17. The van der Waals surface area contributed by atoms with Crippen molar-refractivity contribution < 1.29 is 19.1 Å². The number of amides is 4. The normalized spacial score (nSPS) is 21.5. The molecule has 2 aliphatic rings. The van der Waals surface area contributed by atoms with Crippen LogP contribution in [-0.4, -0.2) is 81.3 Å². The number of hydrogen-bond donors (Lipinski definition) is 0. The third kappa shape index (κ3) is 3.70. The van der Waals surface area contributed by atoms with Crippen molar-refractivity contribution in [1.29, 1.82) is 0 Å². The number of carbonyl (C=O) groups excluding carboxylic acids is 3. The van der Waals surface area contributed by atoms with Gasteiger partial charge < -0.3 is 14.5 Å². The number of nitrogens with zero attached hydrogens (tertiary/aromatic N) is 5. The molecule has 1 atom stereocenters. The first-order valence-electron chi connectivity index (χ1n) is 8.43. The standard InChI is InChI=1S/C16H21N5O4/c1-2-19-9-10-21(14(23)13(19)22)16(24)20-8-3-5-12(11-20)25-15-17-6-4-7-18-15/h4,6-7,12H,2-3,5,8-11H2,1H3/t12-/m1/s1. The lowest BCUT2D eigenvalue weighted by atomic mass is 10.1. The minimum Gasteiger partial charge on any atom is -0.458 e. The van der Waals surface area contributed by atoms with Crippen LogP contribution >= 0.6 is 0 Å². The number of imide groups is 1. The van der Waals surface area contributed by atoms with E-state index in [2.05, 4.69) is 9.97 Å². The van der Waals surface area contributed by atoms with E-state index < -0.39 is 17.8 Å². The SMILES string of the molecule is CCN1CCN(C(=O)N2CCC[C@@H](Oc3ncccn3)C2)C(=O)C1=O. The van der Waals surface area contributed by atoms with Crippen molar-refractivity contribution >= 4 is 17.8 Å². The predicted molar refractivity (Wildman–Crippen MR) is 86.6 cm³/mol. The maximum absolute atomic E-state index is 12.7. The Labute approximate surface area is 145 Å². The summed E-state index contributed by atoms with van der Waals surface area (Å²) < 4.78 is 5.71. The van der Waals surface area contributed by atoms with Gasteiger partial charge in [-0.2, -0.15) is 0 Å². The van der Waals surface area contributed by atoms with Gasteiger partial charge in [0.15, 0.2) is 0 Å². The monoisotopic (exact) mass is 347 g/mol. The Morgan fingerprint density at radius 1 is 1.20 bits per heavy atom. The van der Waals surface area contributed by atoms with E-state index in [1.165, 1.54) is 4.90 Å². The summed E-state index contributed by atoms with van der Waals surface area (Å²) >= 11 is 0. The molecule has 0 N–H and O–H groups in total. The van der Waals surface area contributed by atoms with E-state index in [-0.39, 0.29) is 18.7 Å². The number of hydrogen-bond acceptors (Lipinski definition) is 6. The Hall–Kier alpha value is -2.71. The van der Waals surface area contributed by atoms with Gasteiger partial charge in [0.1, 0.15) is 6.10 Å². The number of piperidine rings is 1. The summed E-state index contributed by atoms with van der Waals surface area (Å²) in [5.41, 5.74) is 0. The molecule has 1 aromatic rings. The molecule has 0 bridgehead atoms. The molecule has 0 aromatic carbocycles. The first-order valence-corrected chi connectivity index (χ1v) is 8.43. The molecule has 9 heteroatoms. The third-order valence-electron chi connectivity index (χ3n) is 4.38. The molecule has 4 amide bonds. The number of carbonyl (C=O) groups is 3. The van der Waals surface area contributed by atoms with Gasteiger partial charge in [0.25, 0.3) is 0 Å². The summed E-state index contributed by atoms with van der Waals surface area (Å²) in [7, 11) is 0. The highest BCUT2D eigenvalue weighted by molar-refractivity contribution is 6.38. The topological polar surface area (TPSA) is 95.9 Å². The number of urea groups is 1. The van der Waals surface area contributed by atoms with Crippen molar-refractivity contribution in [2.75, 3.05) is 32.7 Å². The molecular formula is C16H21N5O4. The summed E-state index contributed by atoms with van der Waals surface area (Å²) in [4.78, 5) is 48.9. The van der Waals surface area contributed by atoms with Gasteiger partial charge in [-0.25, -0.2) is 14.8 Å². The third-order valence-corrected chi connectivity index (χ3v) is 4.38. The summed E-state index contributed by atoms with van der Waals surface area (Å²) in [6.07, 6.45) is 4.47. The fourth-order valence-electron chi connectivity index (χ4n) is 3.03. The zero-order valence-corrected chi connectivity index (χ0v) is 14.1. The Kier molecular flexibility index (Phi) is 5.11. The second kappa shape index (κ2) is 7.45. The Balaban J connectivity index is 1.62. The van der Waals surface area contributed by atoms with Gasteiger partial charge in [0, 0.05) is 38.6 Å². The van der Waals surface area contributed by atoms with E-state index in [0.29, 0.717) is 26.2 Å². The highest BCUT2D eigenvalue weighted by Gasteiger charge is 2.38. The first-order chi connectivity index (χ1) is 12.1. The number of aromatic nitrogens is 2. The number of likely N-dealkylation sites (N-methyl/N-ethyl adjacent to an activating group) is 1. The fourth-order valence-corrected chi connectivity index (χ4v) is 3.03. The van der Waals surface area contributed by atoms with E-state index in [0.717, 1.165) is 17.7 Å². The van der Waals surface area contributed by atoms with Crippen molar-refractivity contribution in [2.24, 2.45) is 0 Å². The molecular weight excluding hydrogens is 326 g/mol. The molecule has 134 valence electrons. The Morgan fingerprint density at radius 2 is 1.96 bits per heavy atom. The summed E-state index contributed by atoms with van der Waals surface area (Å²) in [5.74, 6) is -1.38. The number of piperazine rings is 1. The highest BCUT2D eigenvalue weighted by atomic mass is 16.5. The molecule has 9 nitrogen and oxygen atoms in total. The van der Waals surface area contributed by atoms with E-state index in [4.69, 9.17) is 4.74 Å². The summed E-state index contributed by atoms with van der Waals surface area (Å²) in [5, 5.41) is 0. The molecule has 2 aliphatic heterocycles. The molecule has 0 aliphatic carbocycles. The quantitative estimate of drug-likeness (QED) is 0.721. The second-order valence-corrected chi connectivity index (χ2v) is 5.98. The van der Waals surface area contributed by atoms with Crippen LogP contribution in [0.3, 0.4) is 0 Å². The van der Waals surface area contributed by atoms with Gasteiger partial charge in [0.05, 0.1) is 6.54 Å². The number of rotatable bonds is 3. The molecule has 1 aromatic heterocycles. The van der Waals surface area contributed by atoms with Gasteiger partial charge in [-0.05, 0) is 25.8 Å². The molecule has 0 unspecified atom stereocenters. The first kappa shape index (κ1) is 17.1. The van der Waals surface area contributed by atoms with Crippen LogP contribution in [0.4, 0.5) is 4.79 Å². The van der Waals surface area contributed by atoms with Crippen molar-refractivity contribution in [3.8, 4) is 6.01 Å². The molecule has 3 heterocycles. The molecule has 3 rings (SSSR count). The van der Waals surface area contributed by atoms with Crippen molar-refractivity contribution in [1.82, 2.24) is 24.7 Å². The van der Waals surface area contributed by atoms with Gasteiger partial charge in [-0.15, -0.1) is 0 Å². The summed E-state index contributed by atoms with van der Waals surface area (Å²) in [6.45, 7) is 3.74. The van der Waals surface area contributed by atoms with Gasteiger partial charge in [-0.3, -0.25) is 14.5 Å². The van der Waals surface area contributed by atoms with Crippen LogP contribution in [0.15, 0.2) is 18.5 Å². The molecule has 0 radical (unpaired) electrons. The molecule has 2 fully saturated rings. The van der Waals surface area contributed by atoms with Crippen molar-refractivity contribution in [2.45, 2.75) is 25.9 Å². The molecule has 0 spiro atoms. The van der Waals surface area contributed by atoms with E-state index >= 15 is 0 Å². The number of ether oxygens (including phenoxy) is 1. The van der Waals surface area contributed by atoms with Crippen LogP contribution in [-0.2, 0) is 9.59 Å². The Morgan fingerprint density at radius 3 is 2.68 bits per heavy atom. The average molecular weight is 347 g/mol. The van der Waals surface area contributed by atoms with Gasteiger partial charge in [0.2, 0.25) is 0 Å². The van der Waals surface area contributed by atoms with E-state index in [1.54, 1.807) is 30.3 Å². The lowest BCUT2D eigenvalue weighted by Gasteiger charge is -2.38. The van der Waals surface area contributed by atoms with Crippen LogP contribution in [0.1, 0.15) is 19.8 Å². The molecule has 2 saturated heterocycles. The van der Waals surface area contributed by atoms with E-state index in [1.807, 2.05) is 0 Å². The van der Waals surface area contributed by atoms with Gasteiger partial charge in [-0.1, -0.05) is 0 Å². The largest absolute Gasteiger partial charge is 0.458 e. The zero-order chi connectivity index (χ0) is 17.8. The fraction of sp³-hybridized carbons (Fsp3) is 0.562. The number of likely N-dealkylation sites (tertiary alicyclic amines) is 1. The molecule has 0 saturated carbocycles. The minimum atomic E-state index is -0.757. The van der Waals surface area contributed by atoms with Crippen LogP contribution < -0.4 is 4.74 Å². The smallest absolute Gasteiger partial charge is 0.327 e. The van der Waals surface area contributed by atoms with E-state index in [9.17, 15) is 14.4 Å². The van der Waals surface area contributed by atoms with Crippen molar-refractivity contribution in [3.63, 3.8) is 0 Å². The van der Waals surface area contributed by atoms with Crippen LogP contribution in [0.5, 0.6) is 6.01 Å². The predicted octanol–water partition coefficient (Wildman–Crippen LogP) is 0.130. The minimum absolute atomic E-state index is 0.223. The average Bonchev–Trinajstić information content (AvgIpc) is 2.64. The van der Waals surface area contributed by atoms with Crippen LogP contribution in [0.2, 0.25) is 0 Å². The molecule has 25 heavy (non-hydrogen) atoms. The second-order valence-electron chi connectivity index (χ2n) is 5.98. The van der Waals surface area contributed by atoms with Gasteiger partial charge >= 0.3 is 23.9 Å². The Bertz CT molecular complexity index is 653.